The van der Waals surface area contributed by atoms with Crippen LogP contribution in [0.25, 0.3) is 6.08 Å². The van der Waals surface area contributed by atoms with E-state index in [-0.39, 0.29) is 17.6 Å². The molecule has 0 spiro atoms. The predicted octanol–water partition coefficient (Wildman–Crippen LogP) is 5.02. The molecule has 3 rings (SSSR count). The van der Waals surface area contributed by atoms with Crippen LogP contribution in [0.2, 0.25) is 0 Å². The lowest BCUT2D eigenvalue weighted by Gasteiger charge is -2.37. The molecule has 2 heterocycles. The van der Waals surface area contributed by atoms with Crippen LogP contribution in [0.15, 0.2) is 11.0 Å². The second-order valence-corrected chi connectivity index (χ2v) is 14.3. The molecule has 1 aromatic rings. The van der Waals surface area contributed by atoms with E-state index in [4.69, 9.17) is 27.9 Å². The zero-order valence-corrected chi connectivity index (χ0v) is 25.6. The number of aliphatic hydroxyl groups is 2. The number of ether oxygens (including phenoxy) is 1. The zero-order valence-electron chi connectivity index (χ0n) is 23.2. The van der Waals surface area contributed by atoms with Crippen molar-refractivity contribution in [1.82, 2.24) is 0 Å². The van der Waals surface area contributed by atoms with Crippen molar-refractivity contribution in [2.75, 3.05) is 0 Å². The molecule has 7 nitrogen and oxygen atoms in total. The highest BCUT2D eigenvalue weighted by molar-refractivity contribution is 7.09. The Bertz CT molecular complexity index is 1070. The molecule has 1 aliphatic carbocycles. The first-order valence-corrected chi connectivity index (χ1v) is 15.0. The average Bonchev–Trinajstić information content (AvgIpc) is 3.24. The highest BCUT2D eigenvalue weighted by Crippen LogP contribution is 2.56. The van der Waals surface area contributed by atoms with Crippen molar-refractivity contribution in [2.45, 2.75) is 103 Å². The lowest BCUT2D eigenvalue weighted by molar-refractivity contribution is -0.608. The maximum Gasteiger partial charge on any atom is 0.327 e. The lowest BCUT2D eigenvalue weighted by atomic mass is 9.74. The van der Waals surface area contributed by atoms with E-state index in [0.29, 0.717) is 29.1 Å². The van der Waals surface area contributed by atoms with E-state index in [9.17, 15) is 25.0 Å². The Morgan fingerprint density at radius 1 is 1.21 bits per heavy atom. The minimum absolute atomic E-state index is 0.00362. The number of fused-ring (bicyclic) bond motifs is 1. The molecule has 1 aromatic heterocycles. The summed E-state index contributed by atoms with van der Waals surface area (Å²) in [6.07, 6.45) is 1.27. The summed E-state index contributed by atoms with van der Waals surface area (Å²) in [5, 5.41) is 34.4. The number of Topliss-reactive ketones (excluding diaryl/α,β-unsaturated/α-hetero) is 1. The molecule has 9 atom stereocenters. The molecule has 1 aliphatic heterocycles. The van der Waals surface area contributed by atoms with E-state index in [2.05, 4.69) is 0 Å². The molecule has 1 saturated carbocycles. The highest BCUT2D eigenvalue weighted by atomic mass is 35.5. The molecule has 10 heteroatoms. The number of aryl methyl sites for hydroxylation is 1. The Balaban J connectivity index is 1.99. The minimum Gasteiger partial charge on any atom is -0.617 e. The predicted molar refractivity (Wildman–Crippen MR) is 150 cm³/mol. The number of aliphatic hydroxyl groups excluding tert-OH is 2. The topological polar surface area (TPSA) is 111 Å². The van der Waals surface area contributed by atoms with E-state index >= 15 is 0 Å². The minimum atomic E-state index is -1.40. The molecule has 9 unspecified atom stereocenters. The van der Waals surface area contributed by atoms with Gasteiger partial charge in [-0.05, 0) is 49.0 Å². The summed E-state index contributed by atoms with van der Waals surface area (Å²) in [7, 11) is 0. The number of cyclic esters (lactones) is 1. The summed E-state index contributed by atoms with van der Waals surface area (Å²) in [5.74, 6) is -1.54. The van der Waals surface area contributed by atoms with Gasteiger partial charge in [0.1, 0.15) is 11.9 Å². The summed E-state index contributed by atoms with van der Waals surface area (Å²) in [4.78, 5) is 26.3. The Hall–Kier alpha value is -1.19. The van der Waals surface area contributed by atoms with Crippen molar-refractivity contribution in [3.05, 3.63) is 26.9 Å². The third kappa shape index (κ3) is 6.25. The highest BCUT2D eigenvalue weighted by Gasteiger charge is 2.65. The molecule has 214 valence electrons. The second-order valence-electron chi connectivity index (χ2n) is 12.3. The van der Waals surface area contributed by atoms with Gasteiger partial charge < -0.3 is 20.2 Å². The normalized spacial score (nSPS) is 39.4. The fourth-order valence-corrected chi connectivity index (χ4v) is 7.67. The van der Waals surface area contributed by atoms with Crippen molar-refractivity contribution in [3.8, 4) is 0 Å². The fourth-order valence-electron chi connectivity index (χ4n) is 5.98. The summed E-state index contributed by atoms with van der Waals surface area (Å²) in [6.45, 7) is 12.8. The van der Waals surface area contributed by atoms with E-state index in [1.54, 1.807) is 25.3 Å². The van der Waals surface area contributed by atoms with E-state index in [1.165, 1.54) is 11.3 Å². The third-order valence-electron chi connectivity index (χ3n) is 8.67. The van der Waals surface area contributed by atoms with Crippen LogP contribution in [0.4, 0.5) is 0 Å². The molecule has 2 fully saturated rings. The summed E-state index contributed by atoms with van der Waals surface area (Å²) < 4.78 is 6.62. The third-order valence-corrected chi connectivity index (χ3v) is 10.4. The molecule has 0 radical (unpaired) electrons. The molecule has 0 aromatic carbocycles. The van der Waals surface area contributed by atoms with Gasteiger partial charge in [0.2, 0.25) is 10.7 Å². The van der Waals surface area contributed by atoms with Gasteiger partial charge in [0.15, 0.2) is 5.38 Å². The molecular formula is C28H41Cl2NO6S. The van der Waals surface area contributed by atoms with Crippen molar-refractivity contribution < 1.29 is 29.3 Å². The van der Waals surface area contributed by atoms with Crippen LogP contribution in [0.1, 0.15) is 77.9 Å². The van der Waals surface area contributed by atoms with Crippen LogP contribution in [0.5, 0.6) is 0 Å². The number of carbonyl (C=O) groups is 2. The molecule has 0 amide bonds. The molecule has 2 aliphatic rings. The summed E-state index contributed by atoms with van der Waals surface area (Å²) in [5.41, 5.74) is -0.570. The van der Waals surface area contributed by atoms with Crippen molar-refractivity contribution in [2.24, 2.45) is 28.6 Å². The van der Waals surface area contributed by atoms with Gasteiger partial charge in [-0.1, -0.05) is 52.4 Å². The van der Waals surface area contributed by atoms with Crippen molar-refractivity contribution >= 4 is 52.4 Å². The van der Waals surface area contributed by atoms with Gasteiger partial charge >= 0.3 is 5.97 Å². The van der Waals surface area contributed by atoms with Gasteiger partial charge in [0.25, 0.3) is 0 Å². The number of aromatic nitrogens is 1. The van der Waals surface area contributed by atoms with Gasteiger partial charge in [0.05, 0.1) is 28.9 Å². The van der Waals surface area contributed by atoms with Crippen LogP contribution >= 0.6 is 34.5 Å². The first kappa shape index (κ1) is 31.3. The molecule has 38 heavy (non-hydrogen) atoms. The lowest BCUT2D eigenvalue weighted by Crippen LogP contribution is -2.45. The Morgan fingerprint density at radius 3 is 2.42 bits per heavy atom. The first-order chi connectivity index (χ1) is 17.5. The zero-order chi connectivity index (χ0) is 28.7. The van der Waals surface area contributed by atoms with Crippen LogP contribution < -0.4 is 4.73 Å². The van der Waals surface area contributed by atoms with E-state index in [1.807, 2.05) is 34.6 Å². The maximum absolute atomic E-state index is 13.3. The number of thiazole rings is 1. The number of carbonyl (C=O) groups excluding carboxylic acids is 2. The largest absolute Gasteiger partial charge is 0.617 e. The van der Waals surface area contributed by atoms with Gasteiger partial charge in [-0.3, -0.25) is 9.59 Å². The van der Waals surface area contributed by atoms with E-state index in [0.717, 1.165) is 17.6 Å². The van der Waals surface area contributed by atoms with Gasteiger partial charge in [0, 0.05) is 18.4 Å². The van der Waals surface area contributed by atoms with Gasteiger partial charge in [-0.25, -0.2) is 0 Å². The summed E-state index contributed by atoms with van der Waals surface area (Å²) in [6, 6.07) is 0. The SMILES string of the molecule is CC(=Cc1csc(C)[n+]1[O-])C1OC(=O)C(Cl)C(O)C(C)(C)CC(C)C(O)C(C)CCCC2(C)C(=O)C2C1Cl. The number of esters is 1. The van der Waals surface area contributed by atoms with Crippen LogP contribution in [0, 0.1) is 40.7 Å². The van der Waals surface area contributed by atoms with Crippen molar-refractivity contribution in [1.29, 1.82) is 0 Å². The van der Waals surface area contributed by atoms with Crippen LogP contribution in [-0.4, -0.2) is 51.0 Å². The van der Waals surface area contributed by atoms with Crippen LogP contribution in [-0.2, 0) is 14.3 Å². The van der Waals surface area contributed by atoms with Crippen LogP contribution in [0.3, 0.4) is 0 Å². The number of hydrogen-bond donors (Lipinski definition) is 2. The number of ketones is 1. The summed E-state index contributed by atoms with van der Waals surface area (Å²) >= 11 is 14.7. The smallest absolute Gasteiger partial charge is 0.327 e. The standard InChI is InChI=1S/C28H41Cl2NO6S/c1-14-9-8-10-28(7)19(24(28)33)20(29)23(15(2)11-18-13-38-17(4)31(18)36)37-26(35)21(30)25(34)27(5,6)12-16(3)22(14)32/h11,13-14,16,19-23,25,32,34H,8-10,12H2,1-7H3. The number of rotatable bonds is 2. The Kier molecular flexibility index (Phi) is 9.68. The molecule has 2 N–H and O–H groups in total. The number of halogens is 2. The average molecular weight is 591 g/mol. The number of nitrogens with zero attached hydrogens (tertiary/aromatic N) is 1. The van der Waals surface area contributed by atoms with Gasteiger partial charge in [-0.15, -0.1) is 23.2 Å². The maximum atomic E-state index is 13.3. The second kappa shape index (κ2) is 11.7. The quantitative estimate of drug-likeness (QED) is 0.217. The van der Waals surface area contributed by atoms with Gasteiger partial charge in [-0.2, -0.15) is 4.73 Å². The molecule has 1 saturated heterocycles. The molecule has 0 bridgehead atoms. The number of alkyl halides is 2. The Morgan fingerprint density at radius 2 is 1.84 bits per heavy atom. The number of hydrogen-bond acceptors (Lipinski definition) is 7. The molecular weight excluding hydrogens is 549 g/mol. The first-order valence-electron chi connectivity index (χ1n) is 13.3. The van der Waals surface area contributed by atoms with E-state index < -0.39 is 51.8 Å². The van der Waals surface area contributed by atoms with Crippen molar-refractivity contribution in [3.63, 3.8) is 0 Å². The monoisotopic (exact) mass is 589 g/mol. The fraction of sp³-hybridized carbons (Fsp3) is 0.750. The Labute approximate surface area is 239 Å².